The van der Waals surface area contributed by atoms with E-state index in [0.29, 0.717) is 0 Å². The second-order valence-corrected chi connectivity index (χ2v) is 5.60. The lowest BCUT2D eigenvalue weighted by Gasteiger charge is -2.21. The van der Waals surface area contributed by atoms with Crippen molar-refractivity contribution in [3.8, 4) is 5.75 Å². The van der Waals surface area contributed by atoms with Crippen molar-refractivity contribution < 1.29 is 4.74 Å². The Hall–Kier alpha value is -1.32. The molecule has 20 heavy (non-hydrogen) atoms. The van der Waals surface area contributed by atoms with Crippen LogP contribution in [0.1, 0.15) is 24.1 Å². The summed E-state index contributed by atoms with van der Waals surface area (Å²) in [6.45, 7) is 3.06. The van der Waals surface area contributed by atoms with E-state index in [4.69, 9.17) is 4.74 Å². The van der Waals surface area contributed by atoms with Crippen LogP contribution in [-0.2, 0) is 6.42 Å². The van der Waals surface area contributed by atoms with E-state index in [-0.39, 0.29) is 6.04 Å². The van der Waals surface area contributed by atoms with Crippen molar-refractivity contribution in [2.75, 3.05) is 13.7 Å². The van der Waals surface area contributed by atoms with Crippen LogP contribution in [0.4, 0.5) is 0 Å². The number of nitrogens with one attached hydrogen (secondary N) is 1. The van der Waals surface area contributed by atoms with Gasteiger partial charge in [0.25, 0.3) is 0 Å². The fourth-order valence-electron chi connectivity index (χ4n) is 2.39. The van der Waals surface area contributed by atoms with Gasteiger partial charge in [-0.3, -0.25) is 0 Å². The summed E-state index contributed by atoms with van der Waals surface area (Å²) in [5, 5.41) is 3.55. The van der Waals surface area contributed by atoms with Crippen LogP contribution in [0.2, 0.25) is 0 Å². The second kappa shape index (κ2) is 7.46. The van der Waals surface area contributed by atoms with Gasteiger partial charge >= 0.3 is 0 Å². The van der Waals surface area contributed by atoms with Crippen molar-refractivity contribution in [2.24, 2.45) is 0 Å². The summed E-state index contributed by atoms with van der Waals surface area (Å²) in [5.74, 6) is 0.938. The summed E-state index contributed by atoms with van der Waals surface area (Å²) >= 11 is 3.53. The van der Waals surface area contributed by atoms with E-state index in [1.807, 2.05) is 12.1 Å². The van der Waals surface area contributed by atoms with Gasteiger partial charge in [-0.2, -0.15) is 0 Å². The Morgan fingerprint density at radius 1 is 1.15 bits per heavy atom. The van der Waals surface area contributed by atoms with Gasteiger partial charge in [-0.25, -0.2) is 0 Å². The van der Waals surface area contributed by atoms with Crippen molar-refractivity contribution in [3.63, 3.8) is 0 Å². The quantitative estimate of drug-likeness (QED) is 0.848. The Balaban J connectivity index is 2.26. The van der Waals surface area contributed by atoms with E-state index >= 15 is 0 Å². The normalized spacial score (nSPS) is 12.2. The molecule has 2 aromatic rings. The molecular formula is C17H20BrNO. The molecule has 2 rings (SSSR count). The predicted octanol–water partition coefficient (Wildman–Crippen LogP) is 4.35. The summed E-state index contributed by atoms with van der Waals surface area (Å²) < 4.78 is 6.60. The van der Waals surface area contributed by atoms with E-state index in [9.17, 15) is 0 Å². The third-order valence-corrected chi connectivity index (χ3v) is 3.79. The molecule has 0 aliphatic carbocycles. The van der Waals surface area contributed by atoms with E-state index in [2.05, 4.69) is 64.6 Å². The van der Waals surface area contributed by atoms with Crippen LogP contribution in [-0.4, -0.2) is 13.7 Å². The molecule has 0 heterocycles. The minimum absolute atomic E-state index is 0.255. The lowest BCUT2D eigenvalue weighted by molar-refractivity contribution is 0.399. The van der Waals surface area contributed by atoms with Crippen molar-refractivity contribution in [1.29, 1.82) is 0 Å². The summed E-state index contributed by atoms with van der Waals surface area (Å²) in [6, 6.07) is 16.9. The van der Waals surface area contributed by atoms with Gasteiger partial charge in [-0.1, -0.05) is 53.2 Å². The molecule has 0 radical (unpaired) electrons. The number of likely N-dealkylation sites (N-methyl/N-ethyl adjacent to an activating group) is 1. The summed E-state index contributed by atoms with van der Waals surface area (Å²) in [7, 11) is 1.72. The third-order valence-electron chi connectivity index (χ3n) is 3.29. The number of para-hydroxylation sites is 1. The summed E-state index contributed by atoms with van der Waals surface area (Å²) in [5.41, 5.74) is 2.51. The number of halogens is 1. The first kappa shape index (κ1) is 15.1. The molecule has 1 N–H and O–H groups in total. The molecule has 0 bridgehead atoms. The predicted molar refractivity (Wildman–Crippen MR) is 87.3 cm³/mol. The Bertz CT molecular complexity index is 556. The molecule has 0 amide bonds. The van der Waals surface area contributed by atoms with Gasteiger partial charge in [0.1, 0.15) is 5.75 Å². The number of rotatable bonds is 6. The van der Waals surface area contributed by atoms with Gasteiger partial charge < -0.3 is 10.1 Å². The zero-order valence-corrected chi connectivity index (χ0v) is 13.5. The van der Waals surface area contributed by atoms with Gasteiger partial charge in [-0.05, 0) is 36.7 Å². The Kier molecular flexibility index (Phi) is 5.62. The molecule has 0 saturated heterocycles. The minimum Gasteiger partial charge on any atom is -0.496 e. The molecule has 0 fully saturated rings. The first-order chi connectivity index (χ1) is 9.74. The van der Waals surface area contributed by atoms with E-state index in [1.165, 1.54) is 11.1 Å². The molecule has 0 aliphatic rings. The Labute approximate surface area is 129 Å². The number of hydrogen-bond donors (Lipinski definition) is 1. The maximum Gasteiger partial charge on any atom is 0.123 e. The molecule has 2 aromatic carbocycles. The van der Waals surface area contributed by atoms with Crippen molar-refractivity contribution >= 4 is 15.9 Å². The number of ether oxygens (including phenoxy) is 1. The molecule has 106 valence electrons. The van der Waals surface area contributed by atoms with Crippen LogP contribution in [0, 0.1) is 0 Å². The first-order valence-electron chi connectivity index (χ1n) is 6.85. The van der Waals surface area contributed by atoms with Crippen LogP contribution >= 0.6 is 15.9 Å². The number of methoxy groups -OCH3 is 1. The van der Waals surface area contributed by atoms with Gasteiger partial charge in [0.05, 0.1) is 7.11 Å². The third kappa shape index (κ3) is 3.84. The highest BCUT2D eigenvalue weighted by atomic mass is 79.9. The maximum absolute atomic E-state index is 5.48. The van der Waals surface area contributed by atoms with Crippen LogP contribution in [0.25, 0.3) is 0 Å². The molecule has 3 heteroatoms. The molecular weight excluding hydrogens is 314 g/mol. The van der Waals surface area contributed by atoms with Gasteiger partial charge in [0, 0.05) is 16.1 Å². The average Bonchev–Trinajstić information content (AvgIpc) is 2.47. The smallest absolute Gasteiger partial charge is 0.123 e. The van der Waals surface area contributed by atoms with E-state index < -0.39 is 0 Å². The Morgan fingerprint density at radius 2 is 1.95 bits per heavy atom. The molecule has 0 saturated carbocycles. The highest BCUT2D eigenvalue weighted by molar-refractivity contribution is 9.10. The number of hydrogen-bond acceptors (Lipinski definition) is 2. The topological polar surface area (TPSA) is 21.3 Å². The monoisotopic (exact) mass is 333 g/mol. The number of benzene rings is 2. The van der Waals surface area contributed by atoms with Crippen molar-refractivity contribution in [3.05, 3.63) is 64.1 Å². The van der Waals surface area contributed by atoms with Crippen LogP contribution < -0.4 is 10.1 Å². The van der Waals surface area contributed by atoms with Gasteiger partial charge in [-0.15, -0.1) is 0 Å². The lowest BCUT2D eigenvalue weighted by atomic mass is 9.98. The van der Waals surface area contributed by atoms with E-state index in [1.54, 1.807) is 7.11 Å². The zero-order valence-electron chi connectivity index (χ0n) is 11.9. The molecule has 2 nitrogen and oxygen atoms in total. The van der Waals surface area contributed by atoms with Crippen molar-refractivity contribution in [1.82, 2.24) is 5.32 Å². The van der Waals surface area contributed by atoms with E-state index in [0.717, 1.165) is 23.2 Å². The molecule has 0 aromatic heterocycles. The van der Waals surface area contributed by atoms with Gasteiger partial charge in [0.15, 0.2) is 0 Å². The Morgan fingerprint density at radius 3 is 2.65 bits per heavy atom. The lowest BCUT2D eigenvalue weighted by Crippen LogP contribution is -2.23. The standard InChI is InChI=1S/C17H20BrNO/c1-3-19-16(12-13-7-6-8-14(18)11-13)15-9-4-5-10-17(15)20-2/h4-11,16,19H,3,12H2,1-2H3. The zero-order chi connectivity index (χ0) is 14.4. The van der Waals surface area contributed by atoms with Crippen LogP contribution in [0.3, 0.4) is 0 Å². The average molecular weight is 334 g/mol. The molecule has 0 spiro atoms. The minimum atomic E-state index is 0.255. The fraction of sp³-hybridized carbons (Fsp3) is 0.294. The highest BCUT2D eigenvalue weighted by Crippen LogP contribution is 2.28. The maximum atomic E-state index is 5.48. The van der Waals surface area contributed by atoms with Crippen molar-refractivity contribution in [2.45, 2.75) is 19.4 Å². The second-order valence-electron chi connectivity index (χ2n) is 4.69. The largest absolute Gasteiger partial charge is 0.496 e. The van der Waals surface area contributed by atoms with Crippen LogP contribution in [0.5, 0.6) is 5.75 Å². The summed E-state index contributed by atoms with van der Waals surface area (Å²) in [4.78, 5) is 0. The summed E-state index contributed by atoms with van der Waals surface area (Å²) in [6.07, 6.45) is 0.938. The molecule has 1 unspecified atom stereocenters. The van der Waals surface area contributed by atoms with Gasteiger partial charge in [0.2, 0.25) is 0 Å². The first-order valence-corrected chi connectivity index (χ1v) is 7.64. The molecule has 0 aliphatic heterocycles. The van der Waals surface area contributed by atoms with Crippen LogP contribution in [0.15, 0.2) is 53.0 Å². The fourth-order valence-corrected chi connectivity index (χ4v) is 2.84. The highest BCUT2D eigenvalue weighted by Gasteiger charge is 2.15. The molecule has 1 atom stereocenters. The SMILES string of the molecule is CCNC(Cc1cccc(Br)c1)c1ccccc1OC.